The highest BCUT2D eigenvalue weighted by Crippen LogP contribution is 2.18. The van der Waals surface area contributed by atoms with Crippen LogP contribution in [0.15, 0.2) is 24.3 Å². The van der Waals surface area contributed by atoms with Crippen molar-refractivity contribution in [2.75, 3.05) is 12.8 Å². The van der Waals surface area contributed by atoms with Gasteiger partial charge in [0.2, 0.25) is 0 Å². The highest BCUT2D eigenvalue weighted by Gasteiger charge is 2.10. The lowest BCUT2D eigenvalue weighted by Crippen LogP contribution is -2.08. The molecule has 0 aliphatic carbocycles. The Bertz CT molecular complexity index is 592. The van der Waals surface area contributed by atoms with Crippen LogP contribution in [0.5, 0.6) is 0 Å². The van der Waals surface area contributed by atoms with Gasteiger partial charge in [0.15, 0.2) is 0 Å². The second-order valence-corrected chi connectivity index (χ2v) is 5.10. The average Bonchev–Trinajstić information content (AvgIpc) is 2.35. The molecule has 100 valence electrons. The van der Waals surface area contributed by atoms with Gasteiger partial charge in [-0.15, -0.1) is 0 Å². The molecule has 2 rings (SSSR count). The molecule has 0 amide bonds. The maximum atomic E-state index is 13.1. The fourth-order valence-corrected chi connectivity index (χ4v) is 2.10. The third-order valence-electron chi connectivity index (χ3n) is 2.52. The zero-order valence-electron chi connectivity index (χ0n) is 10.4. The first-order valence-corrected chi connectivity index (χ1v) is 6.72. The van der Waals surface area contributed by atoms with E-state index in [1.807, 2.05) is 6.07 Å². The molecule has 1 aromatic heterocycles. The maximum absolute atomic E-state index is 13.1. The number of ether oxygens (including phenoxy) is 1. The van der Waals surface area contributed by atoms with Crippen molar-refractivity contribution in [3.63, 3.8) is 0 Å². The van der Waals surface area contributed by atoms with Crippen LogP contribution in [0.25, 0.3) is 0 Å². The normalized spacial score (nSPS) is 10.7. The van der Waals surface area contributed by atoms with Crippen LogP contribution >= 0.6 is 22.6 Å². The first-order valence-electron chi connectivity index (χ1n) is 5.64. The van der Waals surface area contributed by atoms with Crippen LogP contribution < -0.4 is 5.73 Å². The number of nitrogens with zero attached hydrogens (tertiary/aromatic N) is 2. The molecule has 19 heavy (non-hydrogen) atoms. The minimum atomic E-state index is -0.270. The summed E-state index contributed by atoms with van der Waals surface area (Å²) in [5, 5.41) is 0. The molecule has 0 fully saturated rings. The zero-order chi connectivity index (χ0) is 13.8. The Labute approximate surface area is 124 Å². The highest BCUT2D eigenvalue weighted by molar-refractivity contribution is 14.1. The minimum Gasteiger partial charge on any atom is -0.383 e. The first kappa shape index (κ1) is 14.1. The molecular weight excluding hydrogens is 360 g/mol. The van der Waals surface area contributed by atoms with Crippen molar-refractivity contribution in [3.05, 3.63) is 50.7 Å². The van der Waals surface area contributed by atoms with Gasteiger partial charge in [-0.05, 0) is 40.3 Å². The number of aromatic nitrogens is 2. The molecule has 0 atom stereocenters. The van der Waals surface area contributed by atoms with E-state index in [-0.39, 0.29) is 5.82 Å². The summed E-state index contributed by atoms with van der Waals surface area (Å²) in [5.41, 5.74) is 7.41. The molecule has 0 saturated carbocycles. The number of hydrogen-bond donors (Lipinski definition) is 1. The summed E-state index contributed by atoms with van der Waals surface area (Å²) in [4.78, 5) is 8.62. The van der Waals surface area contributed by atoms with Crippen molar-refractivity contribution in [3.8, 4) is 0 Å². The molecule has 0 unspecified atom stereocenters. The molecule has 0 aliphatic rings. The lowest BCUT2D eigenvalue weighted by atomic mass is 10.1. The van der Waals surface area contributed by atoms with Crippen LogP contribution in [0.1, 0.15) is 17.1 Å². The topological polar surface area (TPSA) is 61.0 Å². The Morgan fingerprint density at radius 3 is 2.84 bits per heavy atom. The van der Waals surface area contributed by atoms with Gasteiger partial charge in [-0.3, -0.25) is 0 Å². The van der Waals surface area contributed by atoms with Crippen molar-refractivity contribution >= 4 is 28.4 Å². The summed E-state index contributed by atoms with van der Waals surface area (Å²) >= 11 is 2.09. The second kappa shape index (κ2) is 6.25. The van der Waals surface area contributed by atoms with Crippen molar-refractivity contribution in [1.82, 2.24) is 9.97 Å². The molecule has 2 aromatic rings. The predicted octanol–water partition coefficient (Wildman–Crippen LogP) is 2.54. The van der Waals surface area contributed by atoms with Crippen LogP contribution in [0, 0.1) is 9.39 Å². The van der Waals surface area contributed by atoms with Gasteiger partial charge in [-0.2, -0.15) is 0 Å². The SMILES string of the molecule is COCc1nc(Cc2cccc(F)c2)nc(N)c1I. The molecule has 4 nitrogen and oxygen atoms in total. The molecule has 0 radical (unpaired) electrons. The number of hydrogen-bond acceptors (Lipinski definition) is 4. The third kappa shape index (κ3) is 3.60. The fourth-order valence-electron chi connectivity index (χ4n) is 1.71. The van der Waals surface area contributed by atoms with Crippen molar-refractivity contribution in [2.24, 2.45) is 0 Å². The van der Waals surface area contributed by atoms with E-state index in [0.29, 0.717) is 24.7 Å². The van der Waals surface area contributed by atoms with Gasteiger partial charge < -0.3 is 10.5 Å². The lowest BCUT2D eigenvalue weighted by molar-refractivity contribution is 0.180. The van der Waals surface area contributed by atoms with E-state index < -0.39 is 0 Å². The molecule has 0 bridgehead atoms. The summed E-state index contributed by atoms with van der Waals surface area (Å²) in [6, 6.07) is 6.36. The lowest BCUT2D eigenvalue weighted by Gasteiger charge is -2.08. The molecule has 2 N–H and O–H groups in total. The molecule has 1 heterocycles. The van der Waals surface area contributed by atoms with E-state index in [1.165, 1.54) is 12.1 Å². The predicted molar refractivity (Wildman–Crippen MR) is 79.1 cm³/mol. The molecule has 0 saturated heterocycles. The molecule has 1 aromatic carbocycles. The van der Waals surface area contributed by atoms with E-state index in [0.717, 1.165) is 14.8 Å². The van der Waals surface area contributed by atoms with Crippen LogP contribution in [0.4, 0.5) is 10.2 Å². The summed E-state index contributed by atoms with van der Waals surface area (Å²) in [7, 11) is 1.60. The smallest absolute Gasteiger partial charge is 0.141 e. The molecule has 6 heteroatoms. The van der Waals surface area contributed by atoms with E-state index >= 15 is 0 Å². The number of benzene rings is 1. The molecule has 0 spiro atoms. The van der Waals surface area contributed by atoms with E-state index in [2.05, 4.69) is 32.6 Å². The number of nitrogens with two attached hydrogens (primary N) is 1. The van der Waals surface area contributed by atoms with Gasteiger partial charge in [-0.25, -0.2) is 14.4 Å². The summed E-state index contributed by atoms with van der Waals surface area (Å²) in [6.45, 7) is 0.376. The van der Waals surface area contributed by atoms with Crippen molar-refractivity contribution < 1.29 is 9.13 Å². The van der Waals surface area contributed by atoms with Gasteiger partial charge in [-0.1, -0.05) is 12.1 Å². The Morgan fingerprint density at radius 2 is 2.16 bits per heavy atom. The highest BCUT2D eigenvalue weighted by atomic mass is 127. The largest absolute Gasteiger partial charge is 0.383 e. The summed E-state index contributed by atoms with van der Waals surface area (Å²) < 4.78 is 19.0. The molecule has 0 aliphatic heterocycles. The van der Waals surface area contributed by atoms with Crippen molar-refractivity contribution in [2.45, 2.75) is 13.0 Å². The Kier molecular flexibility index (Phi) is 4.65. The summed E-state index contributed by atoms with van der Waals surface area (Å²) in [5.74, 6) is 0.720. The van der Waals surface area contributed by atoms with E-state index in [4.69, 9.17) is 10.5 Å². The Morgan fingerprint density at radius 1 is 1.37 bits per heavy atom. The van der Waals surface area contributed by atoms with Crippen LogP contribution in [-0.2, 0) is 17.8 Å². The number of methoxy groups -OCH3 is 1. The van der Waals surface area contributed by atoms with Crippen LogP contribution in [0.3, 0.4) is 0 Å². The number of nitrogen functional groups attached to an aromatic ring is 1. The number of rotatable bonds is 4. The first-order chi connectivity index (χ1) is 9.10. The third-order valence-corrected chi connectivity index (χ3v) is 3.70. The monoisotopic (exact) mass is 373 g/mol. The van der Waals surface area contributed by atoms with Gasteiger partial charge in [0, 0.05) is 13.5 Å². The van der Waals surface area contributed by atoms with E-state index in [9.17, 15) is 4.39 Å². The number of anilines is 1. The molecular formula is C13H13FIN3O. The minimum absolute atomic E-state index is 0.270. The van der Waals surface area contributed by atoms with Gasteiger partial charge in [0.05, 0.1) is 15.9 Å². The Balaban J connectivity index is 2.30. The number of halogens is 2. The zero-order valence-corrected chi connectivity index (χ0v) is 12.5. The Hall–Kier alpha value is -1.28. The fraction of sp³-hybridized carbons (Fsp3) is 0.231. The average molecular weight is 373 g/mol. The van der Waals surface area contributed by atoms with Crippen LogP contribution in [-0.4, -0.2) is 17.1 Å². The van der Waals surface area contributed by atoms with Crippen molar-refractivity contribution in [1.29, 1.82) is 0 Å². The van der Waals surface area contributed by atoms with Crippen LogP contribution in [0.2, 0.25) is 0 Å². The van der Waals surface area contributed by atoms with Gasteiger partial charge in [0.1, 0.15) is 17.5 Å². The van der Waals surface area contributed by atoms with E-state index in [1.54, 1.807) is 13.2 Å². The van der Waals surface area contributed by atoms with Gasteiger partial charge in [0.25, 0.3) is 0 Å². The van der Waals surface area contributed by atoms with Gasteiger partial charge >= 0.3 is 0 Å². The quantitative estimate of drug-likeness (QED) is 0.837. The second-order valence-electron chi connectivity index (χ2n) is 4.03. The standard InChI is InChI=1S/C13H13FIN3O/c1-19-7-10-12(15)13(16)18-11(17-10)6-8-3-2-4-9(14)5-8/h2-5H,6-7H2,1H3,(H2,16,17,18). The summed E-state index contributed by atoms with van der Waals surface area (Å²) in [6.07, 6.45) is 0.440. The maximum Gasteiger partial charge on any atom is 0.141 e.